The van der Waals surface area contributed by atoms with Crippen LogP contribution in [-0.4, -0.2) is 63.5 Å². The summed E-state index contributed by atoms with van der Waals surface area (Å²) in [6.07, 6.45) is 2.52. The lowest BCUT2D eigenvalue weighted by atomic mass is 10.0. The van der Waals surface area contributed by atoms with Gasteiger partial charge >= 0.3 is 0 Å². The third kappa shape index (κ3) is 6.36. The molecule has 0 unspecified atom stereocenters. The van der Waals surface area contributed by atoms with Crippen molar-refractivity contribution in [1.82, 2.24) is 10.2 Å². The Morgan fingerprint density at radius 1 is 1.18 bits per heavy atom. The summed E-state index contributed by atoms with van der Waals surface area (Å²) < 4.78 is 10.3. The zero-order chi connectivity index (χ0) is 12.5. The Morgan fingerprint density at radius 2 is 1.88 bits per heavy atom. The minimum absolute atomic E-state index is 0.677. The summed E-state index contributed by atoms with van der Waals surface area (Å²) in [7, 11) is 1.70. The molecule has 0 amide bonds. The Labute approximate surface area is 106 Å². The van der Waals surface area contributed by atoms with E-state index in [9.17, 15) is 0 Å². The van der Waals surface area contributed by atoms with Crippen molar-refractivity contribution >= 4 is 0 Å². The quantitative estimate of drug-likeness (QED) is 0.649. The molecule has 1 aliphatic heterocycles. The molecule has 0 aromatic rings. The van der Waals surface area contributed by atoms with Crippen LogP contribution in [0.2, 0.25) is 0 Å². The molecule has 4 heteroatoms. The van der Waals surface area contributed by atoms with E-state index in [2.05, 4.69) is 24.1 Å². The van der Waals surface area contributed by atoms with Crippen LogP contribution >= 0.6 is 0 Å². The van der Waals surface area contributed by atoms with Gasteiger partial charge in [-0.15, -0.1) is 0 Å². The number of hydrogen-bond donors (Lipinski definition) is 1. The fourth-order valence-corrected chi connectivity index (χ4v) is 2.20. The van der Waals surface area contributed by atoms with Crippen molar-refractivity contribution in [2.24, 2.45) is 0 Å². The first-order chi connectivity index (χ1) is 8.24. The summed E-state index contributed by atoms with van der Waals surface area (Å²) in [5.74, 6) is 0. The molecule has 4 nitrogen and oxygen atoms in total. The average molecular weight is 244 g/mol. The third-order valence-electron chi connectivity index (χ3n) is 3.37. The normalized spacial score (nSPS) is 19.1. The van der Waals surface area contributed by atoms with Crippen molar-refractivity contribution in [3.05, 3.63) is 0 Å². The molecule has 0 aliphatic carbocycles. The molecule has 0 atom stereocenters. The second kappa shape index (κ2) is 8.86. The average Bonchev–Trinajstić information content (AvgIpc) is 2.34. The molecule has 1 aliphatic rings. The second-order valence-corrected chi connectivity index (χ2v) is 4.96. The molecule has 0 bridgehead atoms. The van der Waals surface area contributed by atoms with Crippen molar-refractivity contribution < 1.29 is 9.47 Å². The fraction of sp³-hybridized carbons (Fsp3) is 1.00. The Hall–Kier alpha value is -0.160. The summed E-state index contributed by atoms with van der Waals surface area (Å²) >= 11 is 0. The number of rotatable bonds is 8. The number of hydrogen-bond acceptors (Lipinski definition) is 4. The minimum Gasteiger partial charge on any atom is -0.382 e. The third-order valence-corrected chi connectivity index (χ3v) is 3.37. The summed E-state index contributed by atoms with van der Waals surface area (Å²) in [6, 6.07) is 1.37. The van der Waals surface area contributed by atoms with Gasteiger partial charge in [0, 0.05) is 25.7 Å². The molecule has 0 aromatic carbocycles. The van der Waals surface area contributed by atoms with E-state index in [4.69, 9.17) is 9.47 Å². The number of ether oxygens (including phenoxy) is 2. The van der Waals surface area contributed by atoms with Gasteiger partial charge in [0.15, 0.2) is 0 Å². The van der Waals surface area contributed by atoms with Gasteiger partial charge in [0.1, 0.15) is 0 Å². The van der Waals surface area contributed by atoms with Crippen LogP contribution in [0.25, 0.3) is 0 Å². The van der Waals surface area contributed by atoms with Crippen LogP contribution in [0.15, 0.2) is 0 Å². The topological polar surface area (TPSA) is 33.7 Å². The number of piperidine rings is 1. The Kier molecular flexibility index (Phi) is 7.77. The van der Waals surface area contributed by atoms with E-state index < -0.39 is 0 Å². The van der Waals surface area contributed by atoms with Gasteiger partial charge < -0.3 is 19.7 Å². The summed E-state index contributed by atoms with van der Waals surface area (Å²) in [5, 5.41) is 3.57. The van der Waals surface area contributed by atoms with E-state index in [1.54, 1.807) is 7.11 Å². The van der Waals surface area contributed by atoms with Gasteiger partial charge in [-0.3, -0.25) is 0 Å². The van der Waals surface area contributed by atoms with Gasteiger partial charge in [0.25, 0.3) is 0 Å². The maximum atomic E-state index is 5.43. The summed E-state index contributed by atoms with van der Waals surface area (Å²) in [6.45, 7) is 10.1. The predicted octanol–water partition coefficient (Wildman–Crippen LogP) is 1.11. The first-order valence-corrected chi connectivity index (χ1v) is 6.78. The van der Waals surface area contributed by atoms with Crippen molar-refractivity contribution in [2.45, 2.75) is 38.8 Å². The first-order valence-electron chi connectivity index (χ1n) is 6.78. The Bertz CT molecular complexity index is 180. The molecule has 102 valence electrons. The largest absolute Gasteiger partial charge is 0.382 e. The fourth-order valence-electron chi connectivity index (χ4n) is 2.20. The lowest BCUT2D eigenvalue weighted by Crippen LogP contribution is -2.45. The molecule has 0 aromatic heterocycles. The van der Waals surface area contributed by atoms with Crippen LogP contribution in [0, 0.1) is 0 Å². The highest BCUT2D eigenvalue weighted by molar-refractivity contribution is 4.78. The van der Waals surface area contributed by atoms with Gasteiger partial charge in [-0.25, -0.2) is 0 Å². The maximum Gasteiger partial charge on any atom is 0.0700 e. The van der Waals surface area contributed by atoms with E-state index in [1.165, 1.54) is 25.9 Å². The van der Waals surface area contributed by atoms with Crippen LogP contribution in [0.5, 0.6) is 0 Å². The highest BCUT2D eigenvalue weighted by atomic mass is 16.5. The van der Waals surface area contributed by atoms with Crippen LogP contribution in [0.1, 0.15) is 26.7 Å². The molecule has 0 saturated carbocycles. The summed E-state index contributed by atoms with van der Waals surface area (Å²) in [4.78, 5) is 2.55. The molecule has 17 heavy (non-hydrogen) atoms. The zero-order valence-electron chi connectivity index (χ0n) is 11.6. The van der Waals surface area contributed by atoms with Gasteiger partial charge in [-0.1, -0.05) is 0 Å². The number of nitrogens with one attached hydrogen (secondary N) is 1. The van der Waals surface area contributed by atoms with Crippen molar-refractivity contribution in [3.8, 4) is 0 Å². The molecule has 1 rings (SSSR count). The van der Waals surface area contributed by atoms with Gasteiger partial charge in [0.05, 0.1) is 19.8 Å². The number of methoxy groups -OCH3 is 1. The summed E-state index contributed by atoms with van der Waals surface area (Å²) in [5.41, 5.74) is 0. The SMILES string of the molecule is COCCOCCNC1CCN(C(C)C)CC1. The predicted molar refractivity (Wildman–Crippen MR) is 70.4 cm³/mol. The molecule has 1 N–H and O–H groups in total. The lowest BCUT2D eigenvalue weighted by molar-refractivity contribution is 0.0692. The molecular weight excluding hydrogens is 216 g/mol. The van der Waals surface area contributed by atoms with E-state index >= 15 is 0 Å². The van der Waals surface area contributed by atoms with Crippen LogP contribution in [-0.2, 0) is 9.47 Å². The smallest absolute Gasteiger partial charge is 0.0700 e. The van der Waals surface area contributed by atoms with E-state index in [-0.39, 0.29) is 0 Å². The highest BCUT2D eigenvalue weighted by Gasteiger charge is 2.19. The molecule has 0 spiro atoms. The van der Waals surface area contributed by atoms with Crippen molar-refractivity contribution in [2.75, 3.05) is 46.6 Å². The number of likely N-dealkylation sites (tertiary alicyclic amines) is 1. The van der Waals surface area contributed by atoms with Crippen molar-refractivity contribution in [1.29, 1.82) is 0 Å². The minimum atomic E-state index is 0.677. The molecule has 1 saturated heterocycles. The Balaban J connectivity index is 1.95. The number of nitrogens with zero attached hydrogens (tertiary/aromatic N) is 1. The van der Waals surface area contributed by atoms with Gasteiger partial charge in [0.2, 0.25) is 0 Å². The Morgan fingerprint density at radius 3 is 2.47 bits per heavy atom. The monoisotopic (exact) mass is 244 g/mol. The van der Waals surface area contributed by atoms with Gasteiger partial charge in [-0.2, -0.15) is 0 Å². The molecular formula is C13H28N2O2. The maximum absolute atomic E-state index is 5.43. The van der Waals surface area contributed by atoms with Gasteiger partial charge in [-0.05, 0) is 39.8 Å². The van der Waals surface area contributed by atoms with E-state index in [1.807, 2.05) is 0 Å². The highest BCUT2D eigenvalue weighted by Crippen LogP contribution is 2.12. The van der Waals surface area contributed by atoms with Crippen molar-refractivity contribution in [3.63, 3.8) is 0 Å². The second-order valence-electron chi connectivity index (χ2n) is 4.96. The molecule has 0 radical (unpaired) electrons. The lowest BCUT2D eigenvalue weighted by Gasteiger charge is -2.35. The zero-order valence-corrected chi connectivity index (χ0v) is 11.6. The molecule has 1 fully saturated rings. The first kappa shape index (κ1) is 14.9. The van der Waals surface area contributed by atoms with E-state index in [0.29, 0.717) is 25.3 Å². The van der Waals surface area contributed by atoms with Crippen LogP contribution < -0.4 is 5.32 Å². The van der Waals surface area contributed by atoms with E-state index in [0.717, 1.165) is 13.2 Å². The van der Waals surface area contributed by atoms with Crippen LogP contribution in [0.3, 0.4) is 0 Å². The van der Waals surface area contributed by atoms with Crippen LogP contribution in [0.4, 0.5) is 0 Å². The standard InChI is InChI=1S/C13H28N2O2/c1-12(2)15-7-4-13(5-8-15)14-6-9-17-11-10-16-3/h12-14H,4-11H2,1-3H3. The molecule has 1 heterocycles.